The Kier molecular flexibility index (Phi) is 4.48. The van der Waals surface area contributed by atoms with Gasteiger partial charge < -0.3 is 14.6 Å². The van der Waals surface area contributed by atoms with Gasteiger partial charge in [-0.15, -0.1) is 0 Å². The third-order valence-electron chi connectivity index (χ3n) is 2.18. The van der Waals surface area contributed by atoms with E-state index >= 15 is 0 Å². The van der Waals surface area contributed by atoms with Gasteiger partial charge in [-0.2, -0.15) is 0 Å². The molecule has 1 saturated heterocycles. The molecule has 7 nitrogen and oxygen atoms in total. The molecule has 1 aliphatic rings. The first-order valence-corrected chi connectivity index (χ1v) is 6.86. The van der Waals surface area contributed by atoms with Gasteiger partial charge in [0.25, 0.3) is 0 Å². The summed E-state index contributed by atoms with van der Waals surface area (Å²) >= 11 is 0. The molecular weight excluding hydrogens is 250 g/mol. The lowest BCUT2D eigenvalue weighted by molar-refractivity contribution is -0.137. The monoisotopic (exact) mass is 267 g/mol. The molecule has 100 valence electrons. The maximum atomic E-state index is 11.4. The van der Waals surface area contributed by atoms with Crippen LogP contribution in [0.15, 0.2) is 0 Å². The number of nitrogens with one attached hydrogen (secondary N) is 1. The SMILES string of the molecule is CC1(C)OCC(CNS(=O)(=O)CCC(=O)O)O1. The molecule has 0 aromatic heterocycles. The molecule has 0 aromatic rings. The lowest BCUT2D eigenvalue weighted by Gasteiger charge is -2.17. The van der Waals surface area contributed by atoms with Gasteiger partial charge in [0.15, 0.2) is 5.79 Å². The molecule has 1 heterocycles. The fraction of sp³-hybridized carbons (Fsp3) is 0.889. The second-order valence-corrected chi connectivity index (χ2v) is 6.19. The summed E-state index contributed by atoms with van der Waals surface area (Å²) in [5.41, 5.74) is 0. The molecule has 0 saturated carbocycles. The van der Waals surface area contributed by atoms with E-state index in [9.17, 15) is 13.2 Å². The highest BCUT2D eigenvalue weighted by molar-refractivity contribution is 7.89. The van der Waals surface area contributed by atoms with Crippen LogP contribution < -0.4 is 4.72 Å². The normalized spacial score (nSPS) is 23.8. The number of carboxylic acids is 1. The van der Waals surface area contributed by atoms with Crippen LogP contribution in [0.1, 0.15) is 20.3 Å². The summed E-state index contributed by atoms with van der Waals surface area (Å²) in [7, 11) is -3.57. The van der Waals surface area contributed by atoms with Crippen LogP contribution in [0.25, 0.3) is 0 Å². The van der Waals surface area contributed by atoms with E-state index in [0.29, 0.717) is 6.61 Å². The van der Waals surface area contributed by atoms with Gasteiger partial charge in [-0.05, 0) is 13.8 Å². The molecule has 0 aromatic carbocycles. The van der Waals surface area contributed by atoms with Crippen molar-refractivity contribution in [2.75, 3.05) is 18.9 Å². The third kappa shape index (κ3) is 5.44. The van der Waals surface area contributed by atoms with Crippen LogP contribution in [0, 0.1) is 0 Å². The van der Waals surface area contributed by atoms with Gasteiger partial charge in [0, 0.05) is 6.54 Å². The van der Waals surface area contributed by atoms with Gasteiger partial charge >= 0.3 is 5.97 Å². The molecule has 1 unspecified atom stereocenters. The molecule has 1 aliphatic heterocycles. The zero-order valence-electron chi connectivity index (χ0n) is 9.80. The summed E-state index contributed by atoms with van der Waals surface area (Å²) in [5.74, 6) is -2.27. The first-order chi connectivity index (χ1) is 7.70. The van der Waals surface area contributed by atoms with Gasteiger partial charge in [0.2, 0.25) is 10.0 Å². The fourth-order valence-electron chi connectivity index (χ4n) is 1.38. The number of ether oxygens (including phenoxy) is 2. The van der Waals surface area contributed by atoms with Crippen LogP contribution in [0.3, 0.4) is 0 Å². The highest BCUT2D eigenvalue weighted by Gasteiger charge is 2.33. The van der Waals surface area contributed by atoms with Gasteiger partial charge in [-0.3, -0.25) is 4.79 Å². The minimum absolute atomic E-state index is 0.0887. The zero-order valence-corrected chi connectivity index (χ0v) is 10.6. The number of sulfonamides is 1. The van der Waals surface area contributed by atoms with Crippen molar-refractivity contribution in [2.24, 2.45) is 0 Å². The average Bonchev–Trinajstić information content (AvgIpc) is 2.53. The Morgan fingerprint density at radius 3 is 2.65 bits per heavy atom. The summed E-state index contributed by atoms with van der Waals surface area (Å²) in [5, 5.41) is 8.39. The molecule has 0 bridgehead atoms. The molecular formula is C9H17NO6S. The van der Waals surface area contributed by atoms with E-state index in [1.165, 1.54) is 0 Å². The van der Waals surface area contributed by atoms with Crippen LogP contribution in [-0.2, 0) is 24.3 Å². The third-order valence-corrected chi connectivity index (χ3v) is 3.53. The maximum Gasteiger partial charge on any atom is 0.304 e. The number of hydrogen-bond donors (Lipinski definition) is 2. The van der Waals surface area contributed by atoms with E-state index in [1.807, 2.05) is 0 Å². The van der Waals surface area contributed by atoms with E-state index in [0.717, 1.165) is 0 Å². The van der Waals surface area contributed by atoms with Gasteiger partial charge in [-0.1, -0.05) is 0 Å². The Morgan fingerprint density at radius 2 is 2.18 bits per heavy atom. The first kappa shape index (κ1) is 14.4. The Morgan fingerprint density at radius 1 is 1.53 bits per heavy atom. The van der Waals surface area contributed by atoms with Crippen molar-refractivity contribution in [1.82, 2.24) is 4.72 Å². The van der Waals surface area contributed by atoms with E-state index in [2.05, 4.69) is 4.72 Å². The first-order valence-electron chi connectivity index (χ1n) is 5.21. The van der Waals surface area contributed by atoms with Crippen LogP contribution in [0.2, 0.25) is 0 Å². The van der Waals surface area contributed by atoms with Crippen LogP contribution >= 0.6 is 0 Å². The molecule has 0 spiro atoms. The Balaban J connectivity index is 2.33. The van der Waals surface area contributed by atoms with Crippen molar-refractivity contribution in [3.05, 3.63) is 0 Å². The number of carboxylic acid groups (broad SMARTS) is 1. The minimum atomic E-state index is -3.57. The Hall–Kier alpha value is -0.700. The largest absolute Gasteiger partial charge is 0.481 e. The van der Waals surface area contributed by atoms with Crippen LogP contribution in [-0.4, -0.2) is 50.3 Å². The number of aliphatic carboxylic acids is 1. The summed E-state index contributed by atoms with van der Waals surface area (Å²) in [6, 6.07) is 0. The predicted molar refractivity (Wildman–Crippen MR) is 58.9 cm³/mol. The van der Waals surface area contributed by atoms with Crippen molar-refractivity contribution < 1.29 is 27.8 Å². The van der Waals surface area contributed by atoms with Crippen molar-refractivity contribution in [2.45, 2.75) is 32.2 Å². The summed E-state index contributed by atoms with van der Waals surface area (Å²) < 4.78 is 35.7. The Bertz CT molecular complexity index is 377. The van der Waals surface area contributed by atoms with Crippen molar-refractivity contribution >= 4 is 16.0 Å². The molecule has 0 radical (unpaired) electrons. The average molecular weight is 267 g/mol. The number of rotatable bonds is 6. The van der Waals surface area contributed by atoms with Crippen molar-refractivity contribution in [3.63, 3.8) is 0 Å². The maximum absolute atomic E-state index is 11.4. The van der Waals surface area contributed by atoms with E-state index in [1.54, 1.807) is 13.8 Å². The molecule has 1 rings (SSSR count). The van der Waals surface area contributed by atoms with E-state index < -0.39 is 34.0 Å². The second-order valence-electron chi connectivity index (χ2n) is 4.26. The Labute approximate surface area is 100 Å². The molecule has 8 heteroatoms. The predicted octanol–water partition coefficient (Wildman–Crippen LogP) is -0.468. The van der Waals surface area contributed by atoms with Gasteiger partial charge in [-0.25, -0.2) is 13.1 Å². The lowest BCUT2D eigenvalue weighted by Crippen LogP contribution is -2.36. The summed E-state index contributed by atoms with van der Waals surface area (Å²) in [4.78, 5) is 10.3. The molecule has 2 N–H and O–H groups in total. The topological polar surface area (TPSA) is 102 Å². The minimum Gasteiger partial charge on any atom is -0.481 e. The molecule has 0 amide bonds. The van der Waals surface area contributed by atoms with E-state index in [4.69, 9.17) is 14.6 Å². The molecule has 0 aliphatic carbocycles. The smallest absolute Gasteiger partial charge is 0.304 e. The highest BCUT2D eigenvalue weighted by atomic mass is 32.2. The quantitative estimate of drug-likeness (QED) is 0.674. The number of carbonyl (C=O) groups is 1. The number of hydrogen-bond acceptors (Lipinski definition) is 5. The molecule has 1 fully saturated rings. The van der Waals surface area contributed by atoms with Crippen molar-refractivity contribution in [1.29, 1.82) is 0 Å². The van der Waals surface area contributed by atoms with Gasteiger partial charge in [0.1, 0.15) is 0 Å². The summed E-state index contributed by atoms with van der Waals surface area (Å²) in [6.45, 7) is 3.89. The highest BCUT2D eigenvalue weighted by Crippen LogP contribution is 2.21. The van der Waals surface area contributed by atoms with Crippen molar-refractivity contribution in [3.8, 4) is 0 Å². The van der Waals surface area contributed by atoms with Crippen LogP contribution in [0.5, 0.6) is 0 Å². The standard InChI is InChI=1S/C9H17NO6S/c1-9(2)15-6-7(16-9)5-10-17(13,14)4-3-8(11)12/h7,10H,3-6H2,1-2H3,(H,11,12). The second kappa shape index (κ2) is 5.30. The fourth-order valence-corrected chi connectivity index (χ4v) is 2.40. The molecule has 17 heavy (non-hydrogen) atoms. The van der Waals surface area contributed by atoms with E-state index in [-0.39, 0.29) is 12.6 Å². The zero-order chi connectivity index (χ0) is 13.1. The molecule has 1 atom stereocenters. The summed E-state index contributed by atoms with van der Waals surface area (Å²) in [6.07, 6.45) is -0.757. The van der Waals surface area contributed by atoms with Gasteiger partial charge in [0.05, 0.1) is 24.9 Å². The van der Waals surface area contributed by atoms with Crippen LogP contribution in [0.4, 0.5) is 0 Å². The lowest BCUT2D eigenvalue weighted by atomic mass is 10.4.